The Morgan fingerprint density at radius 2 is 1.91 bits per heavy atom. The number of hydrogen-bond donors (Lipinski definition) is 1. The van der Waals surface area contributed by atoms with Gasteiger partial charge in [-0.15, -0.1) is 0 Å². The molecule has 0 saturated heterocycles. The lowest BCUT2D eigenvalue weighted by Crippen LogP contribution is -2.36. The predicted molar refractivity (Wildman–Crippen MR) is 90.9 cm³/mol. The molecule has 1 heterocycles. The van der Waals surface area contributed by atoms with Gasteiger partial charge in [0.25, 0.3) is 0 Å². The highest BCUT2D eigenvalue weighted by Crippen LogP contribution is 2.29. The second kappa shape index (κ2) is 7.47. The molecule has 122 valence electrons. The fraction of sp³-hybridized carbons (Fsp3) is 0.421. The summed E-state index contributed by atoms with van der Waals surface area (Å²) in [5, 5.41) is 3.61. The van der Waals surface area contributed by atoms with E-state index in [2.05, 4.69) is 17.2 Å². The molecule has 1 N–H and O–H groups in total. The highest BCUT2D eigenvalue weighted by atomic mass is 16.5. The lowest BCUT2D eigenvalue weighted by atomic mass is 9.80. The maximum Gasteiger partial charge on any atom is 0.219 e. The van der Waals surface area contributed by atoms with E-state index in [4.69, 9.17) is 9.47 Å². The van der Waals surface area contributed by atoms with E-state index >= 15 is 0 Å². The van der Waals surface area contributed by atoms with Crippen molar-refractivity contribution in [1.82, 2.24) is 10.3 Å². The predicted octanol–water partition coefficient (Wildman–Crippen LogP) is 4.16. The summed E-state index contributed by atoms with van der Waals surface area (Å²) < 4.78 is 11.0. The van der Waals surface area contributed by atoms with Crippen LogP contribution in [0.1, 0.15) is 31.7 Å². The lowest BCUT2D eigenvalue weighted by Gasteiger charge is -2.32. The van der Waals surface area contributed by atoms with Gasteiger partial charge in [0, 0.05) is 24.8 Å². The van der Waals surface area contributed by atoms with Gasteiger partial charge in [-0.05, 0) is 61.6 Å². The van der Waals surface area contributed by atoms with Gasteiger partial charge in [0.15, 0.2) is 0 Å². The normalized spacial score (nSPS) is 15.7. The Balaban J connectivity index is 1.57. The molecule has 1 aliphatic carbocycles. The van der Waals surface area contributed by atoms with Crippen LogP contribution in [0.3, 0.4) is 0 Å². The van der Waals surface area contributed by atoms with Crippen LogP contribution >= 0.6 is 0 Å². The van der Waals surface area contributed by atoms with Crippen molar-refractivity contribution in [2.24, 2.45) is 5.92 Å². The van der Waals surface area contributed by atoms with Gasteiger partial charge >= 0.3 is 0 Å². The molecule has 1 atom stereocenters. The van der Waals surface area contributed by atoms with E-state index in [-0.39, 0.29) is 0 Å². The van der Waals surface area contributed by atoms with Crippen LogP contribution in [0.4, 0.5) is 0 Å². The molecule has 0 aliphatic heterocycles. The van der Waals surface area contributed by atoms with Crippen molar-refractivity contribution in [2.75, 3.05) is 7.11 Å². The third-order valence-electron chi connectivity index (χ3n) is 4.57. The molecule has 4 heteroatoms. The summed E-state index contributed by atoms with van der Waals surface area (Å²) in [5.74, 6) is 3.03. The van der Waals surface area contributed by atoms with Crippen LogP contribution in [0.2, 0.25) is 0 Å². The van der Waals surface area contributed by atoms with Gasteiger partial charge < -0.3 is 14.8 Å². The first-order valence-electron chi connectivity index (χ1n) is 8.25. The maximum atomic E-state index is 5.81. The summed E-state index contributed by atoms with van der Waals surface area (Å²) in [5.41, 5.74) is 1.19. The lowest BCUT2D eigenvalue weighted by molar-refractivity contribution is 0.240. The van der Waals surface area contributed by atoms with Gasteiger partial charge in [-0.3, -0.25) is 0 Å². The van der Waals surface area contributed by atoms with Gasteiger partial charge in [0.1, 0.15) is 11.5 Å². The Labute approximate surface area is 137 Å². The van der Waals surface area contributed by atoms with Crippen LogP contribution in [0.5, 0.6) is 17.4 Å². The van der Waals surface area contributed by atoms with Crippen molar-refractivity contribution >= 4 is 0 Å². The standard InChI is InChI=1S/C19H24N2O2/c1-14(16-4-3-5-16)21-13-15-10-11-20-19(12-15)23-18-8-6-17(22-2)7-9-18/h6-12,14,16,21H,3-5,13H2,1-2H3. The number of ether oxygens (including phenoxy) is 2. The molecule has 0 radical (unpaired) electrons. The van der Waals surface area contributed by atoms with E-state index in [1.54, 1.807) is 13.3 Å². The van der Waals surface area contributed by atoms with Crippen molar-refractivity contribution in [2.45, 2.75) is 38.8 Å². The molecular weight excluding hydrogens is 288 g/mol. The SMILES string of the molecule is COc1ccc(Oc2cc(CNC(C)C3CCC3)ccn2)cc1. The molecule has 3 rings (SSSR count). The highest BCUT2D eigenvalue weighted by molar-refractivity contribution is 5.34. The summed E-state index contributed by atoms with van der Waals surface area (Å²) in [4.78, 5) is 4.29. The zero-order valence-electron chi connectivity index (χ0n) is 13.8. The topological polar surface area (TPSA) is 43.4 Å². The van der Waals surface area contributed by atoms with E-state index in [0.717, 1.165) is 24.0 Å². The summed E-state index contributed by atoms with van der Waals surface area (Å²) in [7, 11) is 1.65. The van der Waals surface area contributed by atoms with Crippen LogP contribution in [-0.4, -0.2) is 18.1 Å². The smallest absolute Gasteiger partial charge is 0.219 e. The number of nitrogens with zero attached hydrogens (tertiary/aromatic N) is 1. The number of rotatable bonds is 7. The van der Waals surface area contributed by atoms with Crippen LogP contribution in [0, 0.1) is 5.92 Å². The first kappa shape index (κ1) is 15.8. The largest absolute Gasteiger partial charge is 0.497 e. The number of aromatic nitrogens is 1. The zero-order valence-corrected chi connectivity index (χ0v) is 13.8. The van der Waals surface area contributed by atoms with Crippen LogP contribution in [0.15, 0.2) is 42.6 Å². The summed E-state index contributed by atoms with van der Waals surface area (Å²) in [6.07, 6.45) is 5.89. The van der Waals surface area contributed by atoms with E-state index in [1.807, 2.05) is 36.4 Å². The Morgan fingerprint density at radius 1 is 1.17 bits per heavy atom. The Morgan fingerprint density at radius 3 is 2.57 bits per heavy atom. The minimum absolute atomic E-state index is 0.572. The van der Waals surface area contributed by atoms with E-state index in [0.29, 0.717) is 11.9 Å². The summed E-state index contributed by atoms with van der Waals surface area (Å²) >= 11 is 0. The number of benzene rings is 1. The summed E-state index contributed by atoms with van der Waals surface area (Å²) in [6.45, 7) is 3.12. The molecular formula is C19H24N2O2. The quantitative estimate of drug-likeness (QED) is 0.833. The van der Waals surface area contributed by atoms with Crippen molar-refractivity contribution in [1.29, 1.82) is 0 Å². The van der Waals surface area contributed by atoms with Crippen LogP contribution < -0.4 is 14.8 Å². The average Bonchev–Trinajstić information content (AvgIpc) is 2.52. The first-order valence-corrected chi connectivity index (χ1v) is 8.25. The molecule has 0 bridgehead atoms. The minimum Gasteiger partial charge on any atom is -0.497 e. The van der Waals surface area contributed by atoms with Gasteiger partial charge in [0.05, 0.1) is 7.11 Å². The second-order valence-electron chi connectivity index (χ2n) is 6.14. The second-order valence-corrected chi connectivity index (χ2v) is 6.14. The number of nitrogens with one attached hydrogen (secondary N) is 1. The molecule has 0 amide bonds. The third kappa shape index (κ3) is 4.23. The van der Waals surface area contributed by atoms with Crippen LogP contribution in [-0.2, 0) is 6.54 Å². The van der Waals surface area contributed by atoms with E-state index in [9.17, 15) is 0 Å². The molecule has 1 aliphatic rings. The monoisotopic (exact) mass is 312 g/mol. The molecule has 0 spiro atoms. The number of pyridine rings is 1. The van der Waals surface area contributed by atoms with Crippen molar-refractivity contribution in [3.8, 4) is 17.4 Å². The van der Waals surface area contributed by atoms with E-state index < -0.39 is 0 Å². The van der Waals surface area contributed by atoms with Crippen molar-refractivity contribution in [3.63, 3.8) is 0 Å². The Bertz CT molecular complexity index is 624. The molecule has 4 nitrogen and oxygen atoms in total. The molecule has 1 aromatic heterocycles. The van der Waals surface area contributed by atoms with Crippen molar-refractivity contribution < 1.29 is 9.47 Å². The Hall–Kier alpha value is -2.07. The maximum absolute atomic E-state index is 5.81. The fourth-order valence-corrected chi connectivity index (χ4v) is 2.77. The molecule has 1 fully saturated rings. The Kier molecular flexibility index (Phi) is 5.13. The van der Waals surface area contributed by atoms with E-state index in [1.165, 1.54) is 24.8 Å². The molecule has 1 unspecified atom stereocenters. The summed E-state index contributed by atoms with van der Waals surface area (Å²) in [6, 6.07) is 12.1. The number of hydrogen-bond acceptors (Lipinski definition) is 4. The van der Waals surface area contributed by atoms with Crippen LogP contribution in [0.25, 0.3) is 0 Å². The first-order chi connectivity index (χ1) is 11.2. The molecule has 1 saturated carbocycles. The van der Waals surface area contributed by atoms with Gasteiger partial charge in [0.2, 0.25) is 5.88 Å². The van der Waals surface area contributed by atoms with Gasteiger partial charge in [-0.1, -0.05) is 6.42 Å². The minimum atomic E-state index is 0.572. The molecule has 23 heavy (non-hydrogen) atoms. The molecule has 2 aromatic rings. The highest BCUT2D eigenvalue weighted by Gasteiger charge is 2.23. The zero-order chi connectivity index (χ0) is 16.1. The van der Waals surface area contributed by atoms with Gasteiger partial charge in [-0.2, -0.15) is 0 Å². The van der Waals surface area contributed by atoms with Crippen molar-refractivity contribution in [3.05, 3.63) is 48.2 Å². The number of methoxy groups -OCH3 is 1. The third-order valence-corrected chi connectivity index (χ3v) is 4.57. The van der Waals surface area contributed by atoms with Gasteiger partial charge in [-0.25, -0.2) is 4.98 Å². The average molecular weight is 312 g/mol. The molecule has 1 aromatic carbocycles. The fourth-order valence-electron chi connectivity index (χ4n) is 2.77.